The highest BCUT2D eigenvalue weighted by Crippen LogP contribution is 2.32. The van der Waals surface area contributed by atoms with Crippen molar-refractivity contribution < 1.29 is 9.59 Å². The quantitative estimate of drug-likeness (QED) is 0.531. The third-order valence-electron chi connectivity index (χ3n) is 6.57. The molecule has 0 spiro atoms. The molecule has 0 aromatic heterocycles. The number of halogens is 1. The van der Waals surface area contributed by atoms with Crippen molar-refractivity contribution >= 4 is 29.1 Å². The molecule has 2 saturated heterocycles. The molecule has 2 fully saturated rings. The summed E-state index contributed by atoms with van der Waals surface area (Å²) in [5.41, 5.74) is 3.07. The van der Waals surface area contributed by atoms with E-state index >= 15 is 0 Å². The summed E-state index contributed by atoms with van der Waals surface area (Å²) in [6, 6.07) is 27.8. The van der Waals surface area contributed by atoms with E-state index in [-0.39, 0.29) is 24.3 Å². The Kier molecular flexibility index (Phi) is 6.27. The third-order valence-corrected chi connectivity index (χ3v) is 6.81. The maximum atomic E-state index is 13.2. The molecule has 0 N–H and O–H groups in total. The summed E-state index contributed by atoms with van der Waals surface area (Å²) in [7, 11) is 0. The van der Waals surface area contributed by atoms with E-state index in [0.29, 0.717) is 10.7 Å². The normalized spacial score (nSPS) is 20.1. The molecule has 0 radical (unpaired) electrons. The van der Waals surface area contributed by atoms with Crippen molar-refractivity contribution in [3.8, 4) is 0 Å². The lowest BCUT2D eigenvalue weighted by atomic mass is 9.96. The van der Waals surface area contributed by atoms with Gasteiger partial charge in [0.1, 0.15) is 0 Å². The molecule has 168 valence electrons. The van der Waals surface area contributed by atoms with Gasteiger partial charge in [-0.3, -0.25) is 19.4 Å². The third kappa shape index (κ3) is 4.44. The van der Waals surface area contributed by atoms with Crippen molar-refractivity contribution in [3.63, 3.8) is 0 Å². The van der Waals surface area contributed by atoms with Crippen molar-refractivity contribution in [1.29, 1.82) is 0 Å². The van der Waals surface area contributed by atoms with E-state index in [2.05, 4.69) is 58.3 Å². The fourth-order valence-electron chi connectivity index (χ4n) is 4.98. The van der Waals surface area contributed by atoms with Crippen LogP contribution >= 0.6 is 11.6 Å². The molecule has 2 amide bonds. The van der Waals surface area contributed by atoms with Crippen LogP contribution in [0.3, 0.4) is 0 Å². The largest absolute Gasteiger partial charge is 0.290 e. The summed E-state index contributed by atoms with van der Waals surface area (Å²) >= 11 is 6.09. The average molecular weight is 460 g/mol. The van der Waals surface area contributed by atoms with Gasteiger partial charge in [0.05, 0.1) is 24.2 Å². The number of hydrogen-bond acceptors (Lipinski definition) is 4. The van der Waals surface area contributed by atoms with E-state index < -0.39 is 6.04 Å². The summed E-state index contributed by atoms with van der Waals surface area (Å²) in [6.45, 7) is 3.12. The molecule has 1 atom stereocenters. The van der Waals surface area contributed by atoms with E-state index in [0.717, 1.165) is 26.2 Å². The van der Waals surface area contributed by atoms with Crippen LogP contribution < -0.4 is 4.90 Å². The Morgan fingerprint density at radius 1 is 0.758 bits per heavy atom. The molecule has 3 aromatic rings. The topological polar surface area (TPSA) is 43.9 Å². The number of carbonyl (C=O) groups excluding carboxylic acids is 2. The first kappa shape index (κ1) is 21.8. The minimum Gasteiger partial charge on any atom is -0.290 e. The van der Waals surface area contributed by atoms with Gasteiger partial charge in [-0.25, -0.2) is 4.90 Å². The number of amides is 2. The number of imide groups is 1. The van der Waals surface area contributed by atoms with Crippen LogP contribution in [0, 0.1) is 0 Å². The maximum Gasteiger partial charge on any atom is 0.251 e. The highest BCUT2D eigenvalue weighted by atomic mass is 35.5. The summed E-state index contributed by atoms with van der Waals surface area (Å²) in [4.78, 5) is 31.8. The standard InChI is InChI=1S/C27H26ClN3O2/c28-22-12-7-13-23(18-22)31-25(32)19-24(27(31)33)29-14-16-30(17-15-29)26(20-8-3-1-4-9-20)21-10-5-2-6-11-21/h1-13,18,24,26H,14-17,19H2/t24-/m1/s1. The van der Waals surface area contributed by atoms with Crippen molar-refractivity contribution in [3.05, 3.63) is 101 Å². The van der Waals surface area contributed by atoms with Gasteiger partial charge in [0.25, 0.3) is 5.91 Å². The van der Waals surface area contributed by atoms with Gasteiger partial charge in [-0.1, -0.05) is 78.3 Å². The Morgan fingerprint density at radius 2 is 1.36 bits per heavy atom. The second kappa shape index (κ2) is 9.48. The monoisotopic (exact) mass is 459 g/mol. The fourth-order valence-corrected chi connectivity index (χ4v) is 5.16. The lowest BCUT2D eigenvalue weighted by Crippen LogP contribution is -2.53. The number of nitrogens with zero attached hydrogens (tertiary/aromatic N) is 3. The molecule has 2 heterocycles. The second-order valence-corrected chi connectivity index (χ2v) is 9.00. The highest BCUT2D eigenvalue weighted by molar-refractivity contribution is 6.31. The second-order valence-electron chi connectivity index (χ2n) is 8.56. The van der Waals surface area contributed by atoms with Crippen molar-refractivity contribution in [2.75, 3.05) is 31.1 Å². The van der Waals surface area contributed by atoms with Crippen LogP contribution in [0.1, 0.15) is 23.6 Å². The van der Waals surface area contributed by atoms with Crippen LogP contribution in [0.2, 0.25) is 5.02 Å². The molecule has 2 aliphatic rings. The smallest absolute Gasteiger partial charge is 0.251 e. The van der Waals surface area contributed by atoms with Crippen LogP contribution in [0.25, 0.3) is 0 Å². The first-order chi connectivity index (χ1) is 16.1. The average Bonchev–Trinajstić information content (AvgIpc) is 3.15. The molecule has 0 aliphatic carbocycles. The maximum absolute atomic E-state index is 13.2. The zero-order valence-corrected chi connectivity index (χ0v) is 19.1. The van der Waals surface area contributed by atoms with E-state index in [9.17, 15) is 9.59 Å². The van der Waals surface area contributed by atoms with E-state index in [1.54, 1.807) is 24.3 Å². The number of carbonyl (C=O) groups is 2. The SMILES string of the molecule is O=C1C[C@@H](N2CCN(C(c3ccccc3)c3ccccc3)CC2)C(=O)N1c1cccc(Cl)c1. The molecule has 6 heteroatoms. The zero-order chi connectivity index (χ0) is 22.8. The fraction of sp³-hybridized carbons (Fsp3) is 0.259. The Bertz CT molecular complexity index is 1090. The summed E-state index contributed by atoms with van der Waals surface area (Å²) in [5, 5.41) is 0.512. The van der Waals surface area contributed by atoms with Gasteiger partial charge in [0.2, 0.25) is 5.91 Å². The van der Waals surface area contributed by atoms with Crippen molar-refractivity contribution in [2.24, 2.45) is 0 Å². The van der Waals surface area contributed by atoms with E-state index in [1.807, 2.05) is 12.1 Å². The van der Waals surface area contributed by atoms with Crippen LogP contribution in [0.5, 0.6) is 0 Å². The lowest BCUT2D eigenvalue weighted by molar-refractivity contribution is -0.123. The van der Waals surface area contributed by atoms with Crippen LogP contribution in [0.15, 0.2) is 84.9 Å². The van der Waals surface area contributed by atoms with Gasteiger partial charge in [0, 0.05) is 31.2 Å². The van der Waals surface area contributed by atoms with Crippen LogP contribution in [-0.2, 0) is 9.59 Å². The van der Waals surface area contributed by atoms with Gasteiger partial charge in [0.15, 0.2) is 0 Å². The summed E-state index contributed by atoms with van der Waals surface area (Å²) in [5.74, 6) is -0.320. The van der Waals surface area contributed by atoms with E-state index in [4.69, 9.17) is 11.6 Å². The van der Waals surface area contributed by atoms with Crippen molar-refractivity contribution in [2.45, 2.75) is 18.5 Å². The summed E-state index contributed by atoms with van der Waals surface area (Å²) in [6.07, 6.45) is 0.214. The number of hydrogen-bond donors (Lipinski definition) is 0. The highest BCUT2D eigenvalue weighted by Gasteiger charge is 2.43. The first-order valence-electron chi connectivity index (χ1n) is 11.3. The molecular formula is C27H26ClN3O2. The predicted octanol–water partition coefficient (Wildman–Crippen LogP) is 4.38. The minimum absolute atomic E-state index is 0.154. The molecular weight excluding hydrogens is 434 g/mol. The molecule has 33 heavy (non-hydrogen) atoms. The first-order valence-corrected chi connectivity index (χ1v) is 11.7. The van der Waals surface area contributed by atoms with Gasteiger partial charge >= 0.3 is 0 Å². The number of rotatable bonds is 5. The number of piperazine rings is 1. The van der Waals surface area contributed by atoms with Gasteiger partial charge in [-0.15, -0.1) is 0 Å². The molecule has 5 nitrogen and oxygen atoms in total. The van der Waals surface area contributed by atoms with Crippen LogP contribution in [-0.4, -0.2) is 53.8 Å². The lowest BCUT2D eigenvalue weighted by Gasteiger charge is -2.41. The summed E-state index contributed by atoms with van der Waals surface area (Å²) < 4.78 is 0. The van der Waals surface area contributed by atoms with Gasteiger partial charge in [-0.2, -0.15) is 0 Å². The molecule has 2 aliphatic heterocycles. The van der Waals surface area contributed by atoms with Gasteiger partial charge < -0.3 is 0 Å². The predicted molar refractivity (Wildman–Crippen MR) is 130 cm³/mol. The Balaban J connectivity index is 1.31. The number of benzene rings is 3. The molecule has 0 unspecified atom stereocenters. The number of anilines is 1. The van der Waals surface area contributed by atoms with Gasteiger partial charge in [-0.05, 0) is 29.3 Å². The zero-order valence-electron chi connectivity index (χ0n) is 18.3. The molecule has 0 saturated carbocycles. The van der Waals surface area contributed by atoms with Crippen molar-refractivity contribution in [1.82, 2.24) is 9.80 Å². The Hall–Kier alpha value is -2.99. The molecule has 5 rings (SSSR count). The Labute approximate surface area is 199 Å². The Morgan fingerprint density at radius 3 is 1.94 bits per heavy atom. The minimum atomic E-state index is -0.412. The van der Waals surface area contributed by atoms with E-state index in [1.165, 1.54) is 16.0 Å². The van der Waals surface area contributed by atoms with Crippen LogP contribution in [0.4, 0.5) is 5.69 Å². The molecule has 0 bridgehead atoms. The molecule has 3 aromatic carbocycles.